The Labute approximate surface area is 124 Å². The summed E-state index contributed by atoms with van der Waals surface area (Å²) in [5, 5.41) is 3.40. The smallest absolute Gasteiger partial charge is 0.133 e. The Bertz CT molecular complexity index is 662. The van der Waals surface area contributed by atoms with Crippen LogP contribution in [0.15, 0.2) is 24.3 Å². The summed E-state index contributed by atoms with van der Waals surface area (Å²) in [5.74, 6) is 2.51. The topological polar surface area (TPSA) is 47.0 Å². The van der Waals surface area contributed by atoms with Crippen molar-refractivity contribution in [2.75, 3.05) is 7.11 Å². The highest BCUT2D eigenvalue weighted by molar-refractivity contribution is 5.35. The van der Waals surface area contributed by atoms with Crippen molar-refractivity contribution in [2.45, 2.75) is 38.3 Å². The molecule has 0 radical (unpaired) electrons. The molecule has 1 saturated carbocycles. The van der Waals surface area contributed by atoms with E-state index in [1.165, 1.54) is 35.4 Å². The number of rotatable bonds is 4. The molecule has 1 fully saturated rings. The summed E-state index contributed by atoms with van der Waals surface area (Å²) in [6, 6.07) is 8.16. The van der Waals surface area contributed by atoms with Gasteiger partial charge in [-0.2, -0.15) is 0 Å². The first-order valence-electron chi connectivity index (χ1n) is 7.55. The molecule has 1 aliphatic heterocycles. The van der Waals surface area contributed by atoms with E-state index in [-0.39, 0.29) is 0 Å². The molecular formula is C17H19N3O. The van der Waals surface area contributed by atoms with E-state index in [9.17, 15) is 0 Å². The van der Waals surface area contributed by atoms with Crippen molar-refractivity contribution in [2.24, 2.45) is 0 Å². The number of fused-ring (bicyclic) bond motifs is 1. The molecule has 2 aromatic rings. The molecular weight excluding hydrogens is 262 g/mol. The molecule has 0 amide bonds. The number of aromatic nitrogens is 2. The quantitative estimate of drug-likeness (QED) is 0.935. The lowest BCUT2D eigenvalue weighted by Gasteiger charge is -2.09. The number of hydrogen-bond donors (Lipinski definition) is 1. The van der Waals surface area contributed by atoms with Gasteiger partial charge in [0.1, 0.15) is 11.6 Å². The van der Waals surface area contributed by atoms with Crippen LogP contribution in [-0.2, 0) is 19.5 Å². The molecule has 0 saturated heterocycles. The maximum Gasteiger partial charge on any atom is 0.133 e. The van der Waals surface area contributed by atoms with E-state index < -0.39 is 0 Å². The fourth-order valence-corrected chi connectivity index (χ4v) is 2.95. The van der Waals surface area contributed by atoms with E-state index >= 15 is 0 Å². The monoisotopic (exact) mass is 281 g/mol. The van der Waals surface area contributed by atoms with Crippen molar-refractivity contribution in [1.29, 1.82) is 0 Å². The normalized spacial score (nSPS) is 16.8. The summed E-state index contributed by atoms with van der Waals surface area (Å²) in [4.78, 5) is 9.62. The zero-order valence-electron chi connectivity index (χ0n) is 12.2. The van der Waals surface area contributed by atoms with Gasteiger partial charge in [-0.25, -0.2) is 9.97 Å². The lowest BCUT2D eigenvalue weighted by molar-refractivity contribution is 0.414. The van der Waals surface area contributed by atoms with Crippen LogP contribution >= 0.6 is 0 Å². The number of hydrogen-bond acceptors (Lipinski definition) is 4. The Morgan fingerprint density at radius 3 is 2.67 bits per heavy atom. The number of nitrogens with one attached hydrogen (secondary N) is 1. The second kappa shape index (κ2) is 5.11. The predicted octanol–water partition coefficient (Wildman–Crippen LogP) is 2.56. The summed E-state index contributed by atoms with van der Waals surface area (Å²) in [5.41, 5.74) is 5.09. The van der Waals surface area contributed by atoms with Gasteiger partial charge in [-0.05, 0) is 30.5 Å². The van der Waals surface area contributed by atoms with E-state index in [2.05, 4.69) is 17.4 Å². The van der Waals surface area contributed by atoms with E-state index in [4.69, 9.17) is 14.7 Å². The van der Waals surface area contributed by atoms with Crippen molar-refractivity contribution in [3.63, 3.8) is 0 Å². The Kier molecular flexibility index (Phi) is 3.11. The van der Waals surface area contributed by atoms with Crippen LogP contribution in [0.5, 0.6) is 5.75 Å². The largest absolute Gasteiger partial charge is 0.497 e. The Morgan fingerprint density at radius 2 is 1.95 bits per heavy atom. The molecule has 1 aromatic heterocycles. The minimum atomic E-state index is 0.677. The minimum Gasteiger partial charge on any atom is -0.497 e. The molecule has 2 aliphatic rings. The summed E-state index contributed by atoms with van der Waals surface area (Å²) < 4.78 is 5.20. The first-order valence-corrected chi connectivity index (χ1v) is 7.55. The lowest BCUT2D eigenvalue weighted by Crippen LogP contribution is -2.06. The lowest BCUT2D eigenvalue weighted by atomic mass is 10.1. The Balaban J connectivity index is 1.63. The number of methoxy groups -OCH3 is 1. The van der Waals surface area contributed by atoms with Gasteiger partial charge in [0.25, 0.3) is 0 Å². The maximum atomic E-state index is 5.20. The van der Waals surface area contributed by atoms with Gasteiger partial charge in [0.05, 0.1) is 18.5 Å². The van der Waals surface area contributed by atoms with Crippen molar-refractivity contribution in [3.8, 4) is 5.75 Å². The summed E-state index contributed by atoms with van der Waals surface area (Å²) in [6.45, 7) is 1.82. The number of ether oxygens (including phenoxy) is 1. The third-order valence-corrected chi connectivity index (χ3v) is 4.25. The third-order valence-electron chi connectivity index (χ3n) is 4.25. The van der Waals surface area contributed by atoms with Crippen molar-refractivity contribution < 1.29 is 4.74 Å². The van der Waals surface area contributed by atoms with Crippen LogP contribution in [0.25, 0.3) is 0 Å². The van der Waals surface area contributed by atoms with Crippen LogP contribution in [0.2, 0.25) is 0 Å². The molecule has 0 unspecified atom stereocenters. The molecule has 21 heavy (non-hydrogen) atoms. The van der Waals surface area contributed by atoms with Crippen LogP contribution in [0.4, 0.5) is 0 Å². The molecule has 0 bridgehead atoms. The van der Waals surface area contributed by atoms with Crippen LogP contribution in [-0.4, -0.2) is 17.1 Å². The third kappa shape index (κ3) is 2.51. The van der Waals surface area contributed by atoms with Crippen molar-refractivity contribution in [1.82, 2.24) is 15.3 Å². The van der Waals surface area contributed by atoms with Crippen molar-refractivity contribution in [3.05, 3.63) is 52.6 Å². The van der Waals surface area contributed by atoms with Crippen LogP contribution < -0.4 is 10.1 Å². The highest BCUT2D eigenvalue weighted by Gasteiger charge is 2.31. The first kappa shape index (κ1) is 12.8. The SMILES string of the molecule is COc1ccc(Cc2nc3c(c(C4CC4)n2)CNC3)cc1. The molecule has 2 heterocycles. The highest BCUT2D eigenvalue weighted by atomic mass is 16.5. The van der Waals surface area contributed by atoms with Crippen molar-refractivity contribution >= 4 is 0 Å². The van der Waals surface area contributed by atoms with Gasteiger partial charge in [-0.3, -0.25) is 0 Å². The Morgan fingerprint density at radius 1 is 1.14 bits per heavy atom. The highest BCUT2D eigenvalue weighted by Crippen LogP contribution is 2.41. The first-order chi connectivity index (χ1) is 10.3. The molecule has 4 heteroatoms. The second-order valence-corrected chi connectivity index (χ2v) is 5.85. The van der Waals surface area contributed by atoms with Gasteiger partial charge >= 0.3 is 0 Å². The predicted molar refractivity (Wildman–Crippen MR) is 80.4 cm³/mol. The van der Waals surface area contributed by atoms with Crippen LogP contribution in [0, 0.1) is 0 Å². The van der Waals surface area contributed by atoms with E-state index in [1.807, 2.05) is 12.1 Å². The zero-order valence-corrected chi connectivity index (χ0v) is 12.2. The van der Waals surface area contributed by atoms with E-state index in [1.54, 1.807) is 7.11 Å². The molecule has 4 nitrogen and oxygen atoms in total. The molecule has 1 aromatic carbocycles. The summed E-state index contributed by atoms with van der Waals surface area (Å²) >= 11 is 0. The van der Waals surface area contributed by atoms with Gasteiger partial charge in [0.15, 0.2) is 0 Å². The molecule has 108 valence electrons. The van der Waals surface area contributed by atoms with E-state index in [0.29, 0.717) is 5.92 Å². The zero-order chi connectivity index (χ0) is 14.2. The van der Waals surface area contributed by atoms with Gasteiger partial charge in [0.2, 0.25) is 0 Å². The maximum absolute atomic E-state index is 5.20. The van der Waals surface area contributed by atoms with Gasteiger partial charge in [-0.1, -0.05) is 12.1 Å². The van der Waals surface area contributed by atoms with E-state index in [0.717, 1.165) is 31.1 Å². The summed E-state index contributed by atoms with van der Waals surface area (Å²) in [7, 11) is 1.69. The van der Waals surface area contributed by atoms with Crippen LogP contribution in [0.1, 0.15) is 47.1 Å². The molecule has 0 spiro atoms. The average molecular weight is 281 g/mol. The van der Waals surface area contributed by atoms with Crippen LogP contribution in [0.3, 0.4) is 0 Å². The average Bonchev–Trinajstić information content (AvgIpc) is 3.25. The minimum absolute atomic E-state index is 0.677. The van der Waals surface area contributed by atoms with Gasteiger partial charge in [-0.15, -0.1) is 0 Å². The van der Waals surface area contributed by atoms with Gasteiger partial charge < -0.3 is 10.1 Å². The second-order valence-electron chi connectivity index (χ2n) is 5.85. The molecule has 1 aliphatic carbocycles. The molecule has 1 N–H and O–H groups in total. The number of benzene rings is 1. The standard InChI is InChI=1S/C17H19N3O/c1-21-13-6-2-11(3-7-13)8-16-19-15-10-18-9-14(15)17(20-16)12-4-5-12/h2-3,6-7,12,18H,4-5,8-10H2,1H3. The summed E-state index contributed by atoms with van der Waals surface area (Å²) in [6.07, 6.45) is 3.36. The number of nitrogens with zero attached hydrogens (tertiary/aromatic N) is 2. The van der Waals surface area contributed by atoms with Gasteiger partial charge in [0, 0.05) is 31.0 Å². The fraction of sp³-hybridized carbons (Fsp3) is 0.412. The fourth-order valence-electron chi connectivity index (χ4n) is 2.95. The molecule has 0 atom stereocenters. The molecule has 4 rings (SSSR count). The Hall–Kier alpha value is -1.94.